The van der Waals surface area contributed by atoms with Gasteiger partial charge in [-0.3, -0.25) is 9.59 Å². The molecule has 3 amide bonds. The van der Waals surface area contributed by atoms with Crippen LogP contribution < -0.4 is 30.2 Å². The van der Waals surface area contributed by atoms with Crippen LogP contribution in [0, 0.1) is 3.57 Å². The van der Waals surface area contributed by atoms with Gasteiger partial charge in [-0.2, -0.15) is 0 Å². The number of urea groups is 1. The molecule has 58 heavy (non-hydrogen) atoms. The van der Waals surface area contributed by atoms with Gasteiger partial charge in [0.15, 0.2) is 0 Å². The number of nitrogens with one attached hydrogen (secondary N) is 3. The predicted molar refractivity (Wildman–Crippen MR) is 223 cm³/mol. The summed E-state index contributed by atoms with van der Waals surface area (Å²) in [6.45, 7) is 0.239. The number of hydrogen-bond donors (Lipinski definition) is 4. The number of carboxylic acid groups (broad SMARTS) is 1. The van der Waals surface area contributed by atoms with Gasteiger partial charge in [-0.25, -0.2) is 14.4 Å². The summed E-state index contributed by atoms with van der Waals surface area (Å²) in [5, 5.41) is 17.5. The molecule has 4 rings (SSSR count). The normalized spacial score (nSPS) is 12.2. The Morgan fingerprint density at radius 2 is 1.19 bits per heavy atom. The van der Waals surface area contributed by atoms with E-state index in [4.69, 9.17) is 23.7 Å². The Hall–Kier alpha value is -5.84. The lowest BCUT2D eigenvalue weighted by atomic mass is 10.0. The summed E-state index contributed by atoms with van der Waals surface area (Å²) in [5.41, 5.74) is 2.67. The van der Waals surface area contributed by atoms with Gasteiger partial charge in [-0.05, 0) is 126 Å². The fourth-order valence-electron chi connectivity index (χ4n) is 5.72. The number of hydrogen-bond acceptors (Lipinski definition) is 10. The first kappa shape index (κ1) is 44.9. The number of carbonyl (C=O) groups excluding carboxylic acids is 4. The molecule has 0 saturated carbocycles. The van der Waals surface area contributed by atoms with Crippen molar-refractivity contribution in [2.45, 2.75) is 63.3 Å². The molecule has 0 aliphatic carbocycles. The van der Waals surface area contributed by atoms with Crippen LogP contribution in [0.3, 0.4) is 0 Å². The average Bonchev–Trinajstić information content (AvgIpc) is 3.23. The molecule has 308 valence electrons. The van der Waals surface area contributed by atoms with E-state index in [-0.39, 0.29) is 31.8 Å². The van der Waals surface area contributed by atoms with Crippen molar-refractivity contribution in [2.75, 3.05) is 27.9 Å². The maximum Gasteiger partial charge on any atom is 0.329 e. The van der Waals surface area contributed by atoms with Gasteiger partial charge >= 0.3 is 23.9 Å². The minimum atomic E-state index is -1.39. The highest BCUT2D eigenvalue weighted by Gasteiger charge is 2.29. The lowest BCUT2D eigenvalue weighted by Crippen LogP contribution is -2.52. The van der Waals surface area contributed by atoms with Gasteiger partial charge in [-0.15, -0.1) is 0 Å². The summed E-state index contributed by atoms with van der Waals surface area (Å²) in [4.78, 5) is 64.9. The molecule has 0 aliphatic rings. The zero-order valence-corrected chi connectivity index (χ0v) is 34.7. The fraction of sp³-hybridized carbons (Fsp3) is 0.326. The van der Waals surface area contributed by atoms with Crippen molar-refractivity contribution in [3.05, 3.63) is 123 Å². The topological polar surface area (TPSA) is 188 Å². The molecular formula is C43H48IN3O11. The quantitative estimate of drug-likeness (QED) is 0.0389. The maximum atomic E-state index is 13.8. The third-order valence-corrected chi connectivity index (χ3v) is 9.72. The standard InChI is InChI=1S/C43H48IN3O11/c1-54-33-17-7-28(8-18-33)26-38(30-13-21-35(56-3)22-14-30)58-42(52)37(23-24-39(48)49)47-43(53)46-36(41(51)57-27-29-9-19-34(55-2)20-10-29)6-4-5-25-45-40(50)31-11-15-32(44)16-12-31/h7-22,36-38H,4-6,23-27H2,1-3H3,(H,45,50)(H,48,49)(H2,46,47,53). The highest BCUT2D eigenvalue weighted by molar-refractivity contribution is 14.1. The van der Waals surface area contributed by atoms with Crippen LogP contribution in [0.15, 0.2) is 97.1 Å². The van der Waals surface area contributed by atoms with Gasteiger partial charge < -0.3 is 44.7 Å². The van der Waals surface area contributed by atoms with Crippen LogP contribution in [0.4, 0.5) is 4.79 Å². The molecule has 0 heterocycles. The molecule has 0 bridgehead atoms. The van der Waals surface area contributed by atoms with Crippen molar-refractivity contribution in [3.63, 3.8) is 0 Å². The molecule has 4 aromatic rings. The number of ether oxygens (including phenoxy) is 5. The number of unbranched alkanes of at least 4 members (excludes halogenated alkanes) is 1. The van der Waals surface area contributed by atoms with Crippen LogP contribution in [-0.2, 0) is 36.9 Å². The Morgan fingerprint density at radius 3 is 1.74 bits per heavy atom. The van der Waals surface area contributed by atoms with Crippen molar-refractivity contribution in [1.82, 2.24) is 16.0 Å². The summed E-state index contributed by atoms with van der Waals surface area (Å²) in [5.74, 6) is -1.13. The summed E-state index contributed by atoms with van der Waals surface area (Å²) in [6.07, 6.45) is -0.270. The summed E-state index contributed by atoms with van der Waals surface area (Å²) in [7, 11) is 4.63. The van der Waals surface area contributed by atoms with Gasteiger partial charge in [0.2, 0.25) is 0 Å². The van der Waals surface area contributed by atoms with E-state index < -0.39 is 48.5 Å². The first-order chi connectivity index (χ1) is 28.0. The highest BCUT2D eigenvalue weighted by Crippen LogP contribution is 2.27. The number of rotatable bonds is 22. The molecule has 4 aromatic carbocycles. The number of esters is 2. The Bertz CT molecular complexity index is 1940. The molecule has 14 nitrogen and oxygen atoms in total. The van der Waals surface area contributed by atoms with Gasteiger partial charge in [0.05, 0.1) is 21.3 Å². The second-order valence-electron chi connectivity index (χ2n) is 13.1. The van der Waals surface area contributed by atoms with Gasteiger partial charge in [0.25, 0.3) is 5.91 Å². The SMILES string of the molecule is COc1ccc(COC(=O)C(CCCCNC(=O)c2ccc(I)cc2)NC(=O)NC(CCC(=O)O)C(=O)OC(Cc2ccc(OC)cc2)c2ccc(OC)cc2)cc1. The number of methoxy groups -OCH3 is 3. The summed E-state index contributed by atoms with van der Waals surface area (Å²) < 4.78 is 28.3. The number of halogens is 1. The van der Waals surface area contributed by atoms with E-state index in [0.717, 1.165) is 9.13 Å². The summed E-state index contributed by atoms with van der Waals surface area (Å²) >= 11 is 2.16. The minimum absolute atomic E-state index is 0.0802. The van der Waals surface area contributed by atoms with E-state index in [1.807, 2.05) is 24.3 Å². The monoisotopic (exact) mass is 909 g/mol. The molecule has 0 saturated heterocycles. The number of carbonyl (C=O) groups is 5. The van der Waals surface area contributed by atoms with Gasteiger partial charge in [0, 0.05) is 28.5 Å². The Balaban J connectivity index is 1.45. The average molecular weight is 910 g/mol. The molecule has 0 aliphatic heterocycles. The van der Waals surface area contributed by atoms with Crippen LogP contribution in [0.25, 0.3) is 0 Å². The van der Waals surface area contributed by atoms with Gasteiger partial charge in [-0.1, -0.05) is 36.4 Å². The van der Waals surface area contributed by atoms with Crippen LogP contribution in [0.2, 0.25) is 0 Å². The molecular weight excluding hydrogens is 861 g/mol. The molecule has 0 fully saturated rings. The van der Waals surface area contributed by atoms with Crippen LogP contribution >= 0.6 is 22.6 Å². The van der Waals surface area contributed by atoms with Crippen molar-refractivity contribution >= 4 is 52.4 Å². The molecule has 0 spiro atoms. The van der Waals surface area contributed by atoms with Crippen LogP contribution in [-0.4, -0.2) is 74.9 Å². The Morgan fingerprint density at radius 1 is 0.655 bits per heavy atom. The highest BCUT2D eigenvalue weighted by atomic mass is 127. The Labute approximate surface area is 351 Å². The second kappa shape index (κ2) is 23.4. The van der Waals surface area contributed by atoms with E-state index in [1.165, 1.54) is 14.2 Å². The van der Waals surface area contributed by atoms with E-state index in [2.05, 4.69) is 38.5 Å². The summed E-state index contributed by atoms with van der Waals surface area (Å²) in [6, 6.07) is 24.8. The third kappa shape index (κ3) is 14.9. The maximum absolute atomic E-state index is 13.8. The number of amides is 3. The fourth-order valence-corrected chi connectivity index (χ4v) is 6.08. The lowest BCUT2D eigenvalue weighted by molar-refractivity contribution is -0.152. The smallest absolute Gasteiger partial charge is 0.329 e. The minimum Gasteiger partial charge on any atom is -0.497 e. The number of benzene rings is 4. The van der Waals surface area contributed by atoms with E-state index in [9.17, 15) is 29.1 Å². The third-order valence-electron chi connectivity index (χ3n) is 9.00. The lowest BCUT2D eigenvalue weighted by Gasteiger charge is -2.24. The largest absolute Gasteiger partial charge is 0.497 e. The second-order valence-corrected chi connectivity index (χ2v) is 14.4. The van der Waals surface area contributed by atoms with Crippen molar-refractivity contribution in [1.29, 1.82) is 0 Å². The molecule has 3 atom stereocenters. The van der Waals surface area contributed by atoms with E-state index in [1.54, 1.807) is 79.9 Å². The number of aliphatic carboxylic acids is 1. The van der Waals surface area contributed by atoms with Crippen molar-refractivity contribution in [3.8, 4) is 17.2 Å². The van der Waals surface area contributed by atoms with Crippen molar-refractivity contribution in [2.24, 2.45) is 0 Å². The van der Waals surface area contributed by atoms with Crippen molar-refractivity contribution < 1.29 is 52.8 Å². The molecule has 3 unspecified atom stereocenters. The first-order valence-electron chi connectivity index (χ1n) is 18.6. The predicted octanol–water partition coefficient (Wildman–Crippen LogP) is 6.39. The van der Waals surface area contributed by atoms with E-state index >= 15 is 0 Å². The molecule has 15 heteroatoms. The number of carboxylic acids is 1. The van der Waals surface area contributed by atoms with Crippen LogP contribution in [0.5, 0.6) is 17.2 Å². The van der Waals surface area contributed by atoms with E-state index in [0.29, 0.717) is 53.3 Å². The molecule has 0 aromatic heterocycles. The van der Waals surface area contributed by atoms with Gasteiger partial charge in [0.1, 0.15) is 42.0 Å². The molecule has 4 N–H and O–H groups in total. The van der Waals surface area contributed by atoms with Crippen LogP contribution in [0.1, 0.15) is 65.3 Å². The zero-order chi connectivity index (χ0) is 41.9. The Kier molecular flexibility index (Phi) is 18.1. The first-order valence-corrected chi connectivity index (χ1v) is 19.6. The molecule has 0 radical (unpaired) electrons. The zero-order valence-electron chi connectivity index (χ0n) is 32.5.